The van der Waals surface area contributed by atoms with Crippen molar-refractivity contribution in [3.63, 3.8) is 0 Å². The number of hydrogen-bond donors (Lipinski definition) is 0. The molecule has 1 saturated heterocycles. The van der Waals surface area contributed by atoms with E-state index in [1.807, 2.05) is 0 Å². The minimum absolute atomic E-state index is 0.147. The quantitative estimate of drug-likeness (QED) is 0.771. The molecule has 0 unspecified atom stereocenters. The van der Waals surface area contributed by atoms with Crippen LogP contribution in [0.4, 0.5) is 5.82 Å². The van der Waals surface area contributed by atoms with E-state index in [4.69, 9.17) is 0 Å². The molecular weight excluding hydrogens is 230 g/mol. The molecule has 2 aromatic rings. The molecule has 0 spiro atoms. The number of carboxylic acid groups (broad SMARTS) is 1. The molecule has 5 nitrogen and oxygen atoms in total. The Balaban J connectivity index is 2.13. The van der Waals surface area contributed by atoms with Crippen LogP contribution in [0, 0.1) is 0 Å². The minimum atomic E-state index is -1.18. The maximum Gasteiger partial charge on any atom is 0.139 e. The van der Waals surface area contributed by atoms with E-state index in [9.17, 15) is 9.90 Å². The van der Waals surface area contributed by atoms with Crippen LogP contribution in [-0.4, -0.2) is 29.0 Å². The van der Waals surface area contributed by atoms with E-state index < -0.39 is 5.97 Å². The number of anilines is 1. The number of aromatic nitrogens is 2. The number of hydrogen-bond acceptors (Lipinski definition) is 5. The first kappa shape index (κ1) is 11.0. The lowest BCUT2D eigenvalue weighted by Gasteiger charge is -2.18. The lowest BCUT2D eigenvalue weighted by atomic mass is 10.1. The Morgan fingerprint density at radius 3 is 2.72 bits per heavy atom. The van der Waals surface area contributed by atoms with Gasteiger partial charge in [-0.05, 0) is 30.5 Å². The largest absolute Gasteiger partial charge is 0.545 e. The van der Waals surface area contributed by atoms with Crippen molar-refractivity contribution < 1.29 is 9.90 Å². The van der Waals surface area contributed by atoms with Gasteiger partial charge >= 0.3 is 0 Å². The highest BCUT2D eigenvalue weighted by Crippen LogP contribution is 2.26. The van der Waals surface area contributed by atoms with Gasteiger partial charge in [-0.2, -0.15) is 0 Å². The topological polar surface area (TPSA) is 69.2 Å². The van der Waals surface area contributed by atoms with Crippen LogP contribution in [0.25, 0.3) is 10.9 Å². The number of carboxylic acids is 1. The summed E-state index contributed by atoms with van der Waals surface area (Å²) in [4.78, 5) is 21.5. The van der Waals surface area contributed by atoms with Gasteiger partial charge < -0.3 is 14.8 Å². The summed E-state index contributed by atoms with van der Waals surface area (Å²) >= 11 is 0. The molecule has 0 aliphatic carbocycles. The van der Waals surface area contributed by atoms with Crippen LogP contribution < -0.4 is 10.0 Å². The van der Waals surface area contributed by atoms with E-state index in [-0.39, 0.29) is 5.56 Å². The molecule has 1 aromatic heterocycles. The van der Waals surface area contributed by atoms with Crippen molar-refractivity contribution >= 4 is 22.7 Å². The third-order valence-electron chi connectivity index (χ3n) is 3.26. The molecule has 0 atom stereocenters. The van der Waals surface area contributed by atoms with Gasteiger partial charge in [-0.15, -0.1) is 0 Å². The maximum atomic E-state index is 10.8. The Morgan fingerprint density at radius 2 is 2.00 bits per heavy atom. The van der Waals surface area contributed by atoms with Crippen LogP contribution in [0.1, 0.15) is 23.2 Å². The first-order valence-electron chi connectivity index (χ1n) is 5.97. The van der Waals surface area contributed by atoms with E-state index in [0.717, 1.165) is 24.3 Å². The van der Waals surface area contributed by atoms with Crippen molar-refractivity contribution in [2.75, 3.05) is 18.0 Å². The third kappa shape index (κ3) is 1.77. The van der Waals surface area contributed by atoms with Crippen molar-refractivity contribution in [2.24, 2.45) is 0 Å². The fourth-order valence-electron chi connectivity index (χ4n) is 2.35. The van der Waals surface area contributed by atoms with Gasteiger partial charge in [0.2, 0.25) is 0 Å². The Hall–Kier alpha value is -2.17. The zero-order valence-corrected chi connectivity index (χ0v) is 9.80. The van der Waals surface area contributed by atoms with Crippen molar-refractivity contribution in [3.05, 3.63) is 30.1 Å². The average molecular weight is 242 g/mol. The Bertz CT molecular complexity index is 606. The van der Waals surface area contributed by atoms with Gasteiger partial charge in [0.05, 0.1) is 11.5 Å². The monoisotopic (exact) mass is 242 g/mol. The smallest absolute Gasteiger partial charge is 0.139 e. The number of carbonyl (C=O) groups is 1. The maximum absolute atomic E-state index is 10.8. The van der Waals surface area contributed by atoms with E-state index in [0.29, 0.717) is 5.52 Å². The minimum Gasteiger partial charge on any atom is -0.545 e. The molecule has 0 bridgehead atoms. The molecule has 0 N–H and O–H groups in total. The molecule has 0 saturated carbocycles. The zero-order valence-electron chi connectivity index (χ0n) is 9.80. The molecule has 1 aromatic carbocycles. The normalized spacial score (nSPS) is 15.2. The number of rotatable bonds is 2. The molecule has 18 heavy (non-hydrogen) atoms. The predicted molar refractivity (Wildman–Crippen MR) is 65.3 cm³/mol. The summed E-state index contributed by atoms with van der Waals surface area (Å²) in [5, 5.41) is 11.7. The Kier molecular flexibility index (Phi) is 2.59. The molecule has 2 heterocycles. The average Bonchev–Trinajstić information content (AvgIpc) is 2.91. The summed E-state index contributed by atoms with van der Waals surface area (Å²) in [5.74, 6) is -0.291. The number of benzene rings is 1. The summed E-state index contributed by atoms with van der Waals surface area (Å²) in [6, 6.07) is 4.83. The molecular formula is C13H12N3O2-. The second-order valence-electron chi connectivity index (χ2n) is 4.41. The van der Waals surface area contributed by atoms with Gasteiger partial charge in [0, 0.05) is 18.5 Å². The summed E-state index contributed by atoms with van der Waals surface area (Å²) in [6.07, 6.45) is 3.82. The van der Waals surface area contributed by atoms with Crippen molar-refractivity contribution in [1.82, 2.24) is 9.97 Å². The molecule has 3 rings (SSSR count). The second-order valence-corrected chi connectivity index (χ2v) is 4.41. The van der Waals surface area contributed by atoms with E-state index in [1.165, 1.54) is 25.2 Å². The van der Waals surface area contributed by atoms with Gasteiger partial charge in [0.15, 0.2) is 0 Å². The highest BCUT2D eigenvalue weighted by atomic mass is 16.4. The van der Waals surface area contributed by atoms with Crippen LogP contribution in [0.5, 0.6) is 0 Å². The molecule has 5 heteroatoms. The standard InChI is InChI=1S/C13H13N3O2/c17-13(18)9-3-4-10-11(7-9)14-8-15-12(10)16-5-1-2-6-16/h3-4,7-8H,1-2,5-6H2,(H,17,18)/p-1. The third-order valence-corrected chi connectivity index (χ3v) is 3.26. The summed E-state index contributed by atoms with van der Waals surface area (Å²) in [5.41, 5.74) is 0.794. The van der Waals surface area contributed by atoms with Crippen molar-refractivity contribution in [1.29, 1.82) is 0 Å². The molecule has 0 radical (unpaired) electrons. The van der Waals surface area contributed by atoms with E-state index >= 15 is 0 Å². The van der Waals surface area contributed by atoms with Crippen molar-refractivity contribution in [2.45, 2.75) is 12.8 Å². The summed E-state index contributed by atoms with van der Waals surface area (Å²) in [7, 11) is 0. The SMILES string of the molecule is O=C([O-])c1ccc2c(N3CCCC3)ncnc2c1. The first-order valence-corrected chi connectivity index (χ1v) is 5.97. The van der Waals surface area contributed by atoms with Crippen molar-refractivity contribution in [3.8, 4) is 0 Å². The van der Waals surface area contributed by atoms with Crippen LogP contribution in [0.3, 0.4) is 0 Å². The Morgan fingerprint density at radius 1 is 1.22 bits per heavy atom. The van der Waals surface area contributed by atoms with Crippen LogP contribution in [0.15, 0.2) is 24.5 Å². The fourth-order valence-corrected chi connectivity index (χ4v) is 2.35. The van der Waals surface area contributed by atoms with Gasteiger partial charge in [-0.1, -0.05) is 6.07 Å². The van der Waals surface area contributed by atoms with Gasteiger partial charge in [0.1, 0.15) is 12.1 Å². The Labute approximate surface area is 104 Å². The van der Waals surface area contributed by atoms with Gasteiger partial charge in [0.25, 0.3) is 0 Å². The van der Waals surface area contributed by atoms with Gasteiger partial charge in [-0.25, -0.2) is 9.97 Å². The number of carbonyl (C=O) groups excluding carboxylic acids is 1. The van der Waals surface area contributed by atoms with Crippen LogP contribution >= 0.6 is 0 Å². The number of aromatic carboxylic acids is 1. The van der Waals surface area contributed by atoms with Crippen LogP contribution in [0.2, 0.25) is 0 Å². The van der Waals surface area contributed by atoms with E-state index in [1.54, 1.807) is 12.1 Å². The number of fused-ring (bicyclic) bond motifs is 1. The highest BCUT2D eigenvalue weighted by molar-refractivity contribution is 5.95. The highest BCUT2D eigenvalue weighted by Gasteiger charge is 2.16. The van der Waals surface area contributed by atoms with E-state index in [2.05, 4.69) is 14.9 Å². The lowest BCUT2D eigenvalue weighted by Crippen LogP contribution is -2.22. The fraction of sp³-hybridized carbons (Fsp3) is 0.308. The summed E-state index contributed by atoms with van der Waals surface area (Å²) in [6.45, 7) is 1.99. The van der Waals surface area contributed by atoms with Crippen LogP contribution in [-0.2, 0) is 0 Å². The molecule has 92 valence electrons. The predicted octanol–water partition coefficient (Wildman–Crippen LogP) is 0.593. The number of nitrogens with zero attached hydrogens (tertiary/aromatic N) is 3. The molecule has 0 amide bonds. The molecule has 1 aliphatic rings. The molecule has 1 fully saturated rings. The molecule has 1 aliphatic heterocycles. The first-order chi connectivity index (χ1) is 8.75. The van der Waals surface area contributed by atoms with Gasteiger partial charge in [-0.3, -0.25) is 0 Å². The zero-order chi connectivity index (χ0) is 12.5. The second kappa shape index (κ2) is 4.25. The lowest BCUT2D eigenvalue weighted by molar-refractivity contribution is -0.255. The summed E-state index contributed by atoms with van der Waals surface area (Å²) < 4.78 is 0.